The molecule has 0 aliphatic carbocycles. The highest BCUT2D eigenvalue weighted by Gasteiger charge is 2.37. The van der Waals surface area contributed by atoms with Crippen LogP contribution in [0.3, 0.4) is 0 Å². The van der Waals surface area contributed by atoms with E-state index in [1.165, 1.54) is 0 Å². The second-order valence-corrected chi connectivity index (χ2v) is 11.1. The number of hydrogen-bond acceptors (Lipinski definition) is 7. The van der Waals surface area contributed by atoms with E-state index in [4.69, 9.17) is 15.6 Å². The molecule has 9 heteroatoms. The van der Waals surface area contributed by atoms with Crippen LogP contribution in [0.4, 0.5) is 0 Å². The van der Waals surface area contributed by atoms with Crippen molar-refractivity contribution >= 4 is 11.8 Å². The number of aromatic hydroxyl groups is 1. The third-order valence-electron chi connectivity index (χ3n) is 7.30. The first-order valence-corrected chi connectivity index (χ1v) is 12.9. The summed E-state index contributed by atoms with van der Waals surface area (Å²) in [7, 11) is 0. The second-order valence-electron chi connectivity index (χ2n) is 11.1. The van der Waals surface area contributed by atoms with Crippen molar-refractivity contribution in [1.29, 1.82) is 0 Å². The Morgan fingerprint density at radius 1 is 1.31 bits per heavy atom. The largest absolute Gasteiger partial charge is 0.504 e. The third-order valence-corrected chi connectivity index (χ3v) is 7.30. The number of amides is 2. The smallest absolute Gasteiger partial charge is 0.224 e. The molecule has 1 saturated heterocycles. The van der Waals surface area contributed by atoms with Gasteiger partial charge in [-0.2, -0.15) is 0 Å². The van der Waals surface area contributed by atoms with Crippen molar-refractivity contribution in [2.45, 2.75) is 78.5 Å². The number of benzene rings is 1. The van der Waals surface area contributed by atoms with Gasteiger partial charge in [0.15, 0.2) is 11.5 Å². The highest BCUT2D eigenvalue weighted by Crippen LogP contribution is 2.32. The minimum atomic E-state index is -0.844. The zero-order valence-corrected chi connectivity index (χ0v) is 22.3. The number of carbonyl (C=O) groups excluding carboxylic acids is 2. The first-order valence-electron chi connectivity index (χ1n) is 12.9. The molecule has 5 atom stereocenters. The Bertz CT molecular complexity index is 875. The van der Waals surface area contributed by atoms with E-state index in [9.17, 15) is 19.8 Å². The number of aliphatic hydroxyl groups is 2. The van der Waals surface area contributed by atoms with Gasteiger partial charge < -0.3 is 36.4 Å². The highest BCUT2D eigenvalue weighted by atomic mass is 16.5. The van der Waals surface area contributed by atoms with Crippen LogP contribution >= 0.6 is 0 Å². The molecule has 1 unspecified atom stereocenters. The molecule has 0 radical (unpaired) electrons. The molecule has 1 aliphatic heterocycles. The van der Waals surface area contributed by atoms with Crippen LogP contribution in [0.15, 0.2) is 18.2 Å². The fraction of sp³-hybridized carbons (Fsp3) is 0.704. The molecule has 36 heavy (non-hydrogen) atoms. The maximum Gasteiger partial charge on any atom is 0.224 e. The van der Waals surface area contributed by atoms with Gasteiger partial charge in [-0.3, -0.25) is 9.59 Å². The Hall–Kier alpha value is -2.36. The van der Waals surface area contributed by atoms with Gasteiger partial charge in [-0.15, -0.1) is 0 Å². The van der Waals surface area contributed by atoms with Gasteiger partial charge in [-0.25, -0.2) is 0 Å². The summed E-state index contributed by atoms with van der Waals surface area (Å²) < 4.78 is 5.58. The summed E-state index contributed by atoms with van der Waals surface area (Å²) in [6.07, 6.45) is 1.62. The van der Waals surface area contributed by atoms with Gasteiger partial charge in [-0.1, -0.05) is 19.9 Å². The first kappa shape index (κ1) is 29.9. The summed E-state index contributed by atoms with van der Waals surface area (Å²) in [5.41, 5.74) is 5.59. The fourth-order valence-corrected chi connectivity index (χ4v) is 4.58. The zero-order chi connectivity index (χ0) is 27.0. The Labute approximate surface area is 214 Å². The lowest BCUT2D eigenvalue weighted by atomic mass is 9.85. The van der Waals surface area contributed by atoms with E-state index in [0.717, 1.165) is 18.4 Å². The maximum absolute atomic E-state index is 12.9. The van der Waals surface area contributed by atoms with Crippen LogP contribution in [0.2, 0.25) is 0 Å². The molecule has 1 aromatic carbocycles. The van der Waals surface area contributed by atoms with E-state index in [1.54, 1.807) is 19.9 Å². The lowest BCUT2D eigenvalue weighted by Gasteiger charge is -2.28. The summed E-state index contributed by atoms with van der Waals surface area (Å²) in [6, 6.07) is 5.35. The van der Waals surface area contributed by atoms with E-state index in [0.29, 0.717) is 25.2 Å². The Morgan fingerprint density at radius 3 is 2.61 bits per heavy atom. The molecule has 1 fully saturated rings. The summed E-state index contributed by atoms with van der Waals surface area (Å²) in [5.74, 6) is -0.290. The summed E-state index contributed by atoms with van der Waals surface area (Å²) in [4.78, 5) is 24.5. The number of phenols is 1. The van der Waals surface area contributed by atoms with Crippen LogP contribution in [-0.4, -0.2) is 65.1 Å². The van der Waals surface area contributed by atoms with Crippen LogP contribution in [0, 0.1) is 23.2 Å². The SMILES string of the molecule is CC1N[C@H]([C@@H](O)C[C@H](C(=O)NCC(C)(C)C(N)=O)C(C)C)C[C@@H]1Cc1ccc(O)c(OCCCO)c1. The molecule has 204 valence electrons. The van der Waals surface area contributed by atoms with Gasteiger partial charge >= 0.3 is 0 Å². The molecule has 0 saturated carbocycles. The molecule has 0 aromatic heterocycles. The molecular formula is C27H45N3O6. The first-order chi connectivity index (χ1) is 16.9. The monoisotopic (exact) mass is 507 g/mol. The molecule has 1 heterocycles. The maximum atomic E-state index is 12.9. The van der Waals surface area contributed by atoms with Crippen molar-refractivity contribution in [2.24, 2.45) is 28.9 Å². The summed E-state index contributed by atoms with van der Waals surface area (Å²) >= 11 is 0. The Balaban J connectivity index is 1.97. The lowest BCUT2D eigenvalue weighted by Crippen LogP contribution is -2.46. The van der Waals surface area contributed by atoms with Crippen LogP contribution < -0.4 is 21.1 Å². The average molecular weight is 508 g/mol. The predicted molar refractivity (Wildman–Crippen MR) is 138 cm³/mol. The quantitative estimate of drug-likeness (QED) is 0.210. The minimum absolute atomic E-state index is 0.0206. The number of aliphatic hydroxyl groups excluding tert-OH is 2. The second kappa shape index (κ2) is 13.3. The van der Waals surface area contributed by atoms with Crippen LogP contribution in [0.25, 0.3) is 0 Å². The topological polar surface area (TPSA) is 154 Å². The third kappa shape index (κ3) is 8.35. The van der Waals surface area contributed by atoms with Crippen molar-refractivity contribution in [1.82, 2.24) is 10.6 Å². The lowest BCUT2D eigenvalue weighted by molar-refractivity contribution is -0.130. The van der Waals surface area contributed by atoms with Crippen molar-refractivity contribution < 1.29 is 29.6 Å². The average Bonchev–Trinajstić information content (AvgIpc) is 3.17. The van der Waals surface area contributed by atoms with E-state index in [2.05, 4.69) is 17.6 Å². The van der Waals surface area contributed by atoms with Crippen molar-refractivity contribution in [3.63, 3.8) is 0 Å². The zero-order valence-electron chi connectivity index (χ0n) is 22.3. The number of primary amides is 1. The van der Waals surface area contributed by atoms with Crippen LogP contribution in [0.1, 0.15) is 59.4 Å². The van der Waals surface area contributed by atoms with Gasteiger partial charge in [0.2, 0.25) is 11.8 Å². The fourth-order valence-electron chi connectivity index (χ4n) is 4.58. The molecule has 2 rings (SSSR count). The minimum Gasteiger partial charge on any atom is -0.504 e. The van der Waals surface area contributed by atoms with Gasteiger partial charge in [0.05, 0.1) is 18.1 Å². The molecule has 9 nitrogen and oxygen atoms in total. The van der Waals surface area contributed by atoms with E-state index >= 15 is 0 Å². The number of carbonyl (C=O) groups is 2. The molecule has 0 bridgehead atoms. The Kier molecular flexibility index (Phi) is 11.0. The van der Waals surface area contributed by atoms with Gasteiger partial charge in [0.25, 0.3) is 0 Å². The molecule has 1 aromatic rings. The van der Waals surface area contributed by atoms with Gasteiger partial charge in [0.1, 0.15) is 0 Å². The molecule has 7 N–H and O–H groups in total. The normalized spacial score (nSPS) is 21.8. The molecule has 2 amide bonds. The van der Waals surface area contributed by atoms with Crippen LogP contribution in [-0.2, 0) is 16.0 Å². The number of hydrogen-bond donors (Lipinski definition) is 6. The highest BCUT2D eigenvalue weighted by molar-refractivity contribution is 5.83. The van der Waals surface area contributed by atoms with Crippen molar-refractivity contribution in [3.8, 4) is 11.5 Å². The standard InChI is InChI=1S/C27H45N3O6/c1-16(2)20(25(34)29-15-27(4,5)26(28)35)14-23(33)21-13-19(17(3)30-21)11-18-7-8-22(32)24(12-18)36-10-6-9-31/h7-8,12,16-17,19-21,23,30-33H,6,9-11,13-15H2,1-5H3,(H2,28,35)(H,29,34)/t17?,19-,20-,21-,23-/m0/s1. The van der Waals surface area contributed by atoms with E-state index in [-0.39, 0.29) is 48.7 Å². The van der Waals surface area contributed by atoms with Gasteiger partial charge in [0, 0.05) is 37.6 Å². The van der Waals surface area contributed by atoms with E-state index < -0.39 is 23.3 Å². The number of rotatable bonds is 14. The van der Waals surface area contributed by atoms with Crippen LogP contribution in [0.5, 0.6) is 11.5 Å². The predicted octanol–water partition coefficient (Wildman–Crippen LogP) is 1.71. The number of nitrogens with one attached hydrogen (secondary N) is 2. The van der Waals surface area contributed by atoms with Crippen molar-refractivity contribution in [3.05, 3.63) is 23.8 Å². The summed E-state index contributed by atoms with van der Waals surface area (Å²) in [6.45, 7) is 9.89. The Morgan fingerprint density at radius 2 is 2.00 bits per heavy atom. The molecule has 0 spiro atoms. The van der Waals surface area contributed by atoms with Crippen molar-refractivity contribution in [2.75, 3.05) is 19.8 Å². The number of ether oxygens (including phenoxy) is 1. The van der Waals surface area contributed by atoms with Gasteiger partial charge in [-0.05, 0) is 69.6 Å². The summed E-state index contributed by atoms with van der Waals surface area (Å²) in [5, 5.41) is 36.4. The number of nitrogens with two attached hydrogens (primary N) is 1. The number of phenolic OH excluding ortho intramolecular Hbond substituents is 1. The molecule has 1 aliphatic rings. The molecular weight excluding hydrogens is 462 g/mol. The van der Waals surface area contributed by atoms with E-state index in [1.807, 2.05) is 26.0 Å².